The van der Waals surface area contributed by atoms with Gasteiger partial charge in [-0.15, -0.1) is 0 Å². The fourth-order valence-electron chi connectivity index (χ4n) is 2.49. The molecule has 0 amide bonds. The highest BCUT2D eigenvalue weighted by atomic mass is 16.4. The summed E-state index contributed by atoms with van der Waals surface area (Å²) in [7, 11) is 0. The minimum absolute atomic E-state index is 0.455. The first-order chi connectivity index (χ1) is 8.63. The van der Waals surface area contributed by atoms with Crippen molar-refractivity contribution in [3.8, 4) is 0 Å². The van der Waals surface area contributed by atoms with Crippen molar-refractivity contribution in [3.63, 3.8) is 0 Å². The average molecular weight is 254 g/mol. The molecule has 0 aliphatic heterocycles. The second-order valence-corrected chi connectivity index (χ2v) is 4.93. The molecule has 0 fully saturated rings. The number of rotatable bonds is 2. The zero-order valence-electron chi connectivity index (χ0n) is 10.7. The fourth-order valence-corrected chi connectivity index (χ4v) is 2.49. The minimum atomic E-state index is -0.969. The van der Waals surface area contributed by atoms with E-state index in [9.17, 15) is 19.8 Å². The predicted octanol–water partition coefficient (Wildman–Crippen LogP) is 3.08. The molecule has 1 aliphatic rings. The summed E-state index contributed by atoms with van der Waals surface area (Å²) in [5.74, 6) is -3.40. The highest BCUT2D eigenvalue weighted by molar-refractivity contribution is 5.79. The maximum Gasteiger partial charge on any atom is 0.307 e. The lowest BCUT2D eigenvalue weighted by molar-refractivity contribution is -0.154. The molecule has 0 aromatic heterocycles. The molecule has 2 atom stereocenters. The van der Waals surface area contributed by atoms with Crippen molar-refractivity contribution in [1.29, 1.82) is 0 Å². The van der Waals surface area contributed by atoms with Gasteiger partial charge in [0.2, 0.25) is 0 Å². The van der Waals surface area contributed by atoms with Gasteiger partial charge in [-0.3, -0.25) is 9.59 Å². The molecule has 0 bridgehead atoms. The van der Waals surface area contributed by atoms with E-state index in [2.05, 4.69) is 12.2 Å². The number of allylic oxidation sites excluding steroid dienone is 2. The number of hydrogen-bond donors (Lipinski definition) is 2. The smallest absolute Gasteiger partial charge is 0.307 e. The Kier molecular flexibility index (Phi) is 6.47. The Morgan fingerprint density at radius 1 is 0.778 bits per heavy atom. The third kappa shape index (κ3) is 4.90. The lowest BCUT2D eigenvalue weighted by Gasteiger charge is -2.20. The molecule has 0 spiro atoms. The zero-order valence-corrected chi connectivity index (χ0v) is 10.7. The molecule has 4 nitrogen and oxygen atoms in total. The van der Waals surface area contributed by atoms with Crippen molar-refractivity contribution in [2.45, 2.75) is 51.4 Å². The van der Waals surface area contributed by atoms with Gasteiger partial charge >= 0.3 is 11.9 Å². The summed E-state index contributed by atoms with van der Waals surface area (Å²) < 4.78 is 0. The van der Waals surface area contributed by atoms with Crippen LogP contribution in [0.25, 0.3) is 0 Å². The van der Waals surface area contributed by atoms with Gasteiger partial charge in [0.25, 0.3) is 0 Å². The van der Waals surface area contributed by atoms with E-state index in [1.165, 1.54) is 0 Å². The van der Waals surface area contributed by atoms with Gasteiger partial charge in [-0.2, -0.15) is 0 Å². The Balaban J connectivity index is 2.71. The fraction of sp³-hybridized carbons (Fsp3) is 0.714. The van der Waals surface area contributed by atoms with Crippen LogP contribution in [0.15, 0.2) is 12.2 Å². The Morgan fingerprint density at radius 3 is 1.83 bits per heavy atom. The molecule has 2 unspecified atom stereocenters. The molecule has 4 heteroatoms. The molecule has 0 aromatic rings. The van der Waals surface area contributed by atoms with Gasteiger partial charge in [0, 0.05) is 0 Å². The second kappa shape index (κ2) is 7.90. The maximum atomic E-state index is 11.2. The number of carbonyl (C=O) groups is 2. The third-order valence-corrected chi connectivity index (χ3v) is 3.56. The van der Waals surface area contributed by atoms with Crippen LogP contribution in [-0.4, -0.2) is 22.2 Å². The molecular formula is C14H22O4. The van der Waals surface area contributed by atoms with Crippen LogP contribution in [0.4, 0.5) is 0 Å². The van der Waals surface area contributed by atoms with Crippen molar-refractivity contribution in [2.75, 3.05) is 0 Å². The zero-order chi connectivity index (χ0) is 13.4. The van der Waals surface area contributed by atoms with Crippen LogP contribution in [0.1, 0.15) is 51.4 Å². The number of carboxylic acids is 2. The third-order valence-electron chi connectivity index (χ3n) is 3.56. The van der Waals surface area contributed by atoms with Crippen molar-refractivity contribution >= 4 is 11.9 Å². The molecule has 0 aromatic carbocycles. The first kappa shape index (κ1) is 14.7. The predicted molar refractivity (Wildman–Crippen MR) is 68.3 cm³/mol. The van der Waals surface area contributed by atoms with Gasteiger partial charge in [0.05, 0.1) is 11.8 Å². The second-order valence-electron chi connectivity index (χ2n) is 4.93. The quantitative estimate of drug-likeness (QED) is 0.742. The molecule has 0 saturated heterocycles. The van der Waals surface area contributed by atoms with Crippen molar-refractivity contribution in [3.05, 3.63) is 12.2 Å². The van der Waals surface area contributed by atoms with E-state index in [0.29, 0.717) is 12.8 Å². The van der Waals surface area contributed by atoms with Crippen LogP contribution in [0, 0.1) is 11.8 Å². The summed E-state index contributed by atoms with van der Waals surface area (Å²) in [6, 6.07) is 0. The summed E-state index contributed by atoms with van der Waals surface area (Å²) in [5.41, 5.74) is 0. The highest BCUT2D eigenvalue weighted by Crippen LogP contribution is 2.26. The van der Waals surface area contributed by atoms with E-state index in [1.807, 2.05) is 0 Å². The van der Waals surface area contributed by atoms with E-state index in [1.54, 1.807) is 0 Å². The van der Waals surface area contributed by atoms with Crippen LogP contribution in [0.2, 0.25) is 0 Å². The Bertz CT molecular complexity index is 309. The summed E-state index contributed by atoms with van der Waals surface area (Å²) >= 11 is 0. The summed E-state index contributed by atoms with van der Waals surface area (Å²) in [6.07, 6.45) is 10.6. The van der Waals surface area contributed by atoms with Crippen LogP contribution < -0.4 is 0 Å². The lowest BCUT2D eigenvalue weighted by atomic mass is 9.84. The molecule has 0 saturated carbocycles. The van der Waals surface area contributed by atoms with E-state index in [-0.39, 0.29) is 0 Å². The van der Waals surface area contributed by atoms with Gasteiger partial charge in [0.15, 0.2) is 0 Å². The van der Waals surface area contributed by atoms with Crippen LogP contribution in [-0.2, 0) is 9.59 Å². The Morgan fingerprint density at radius 2 is 1.28 bits per heavy atom. The topological polar surface area (TPSA) is 74.6 Å². The minimum Gasteiger partial charge on any atom is -0.481 e. The average Bonchev–Trinajstić information content (AvgIpc) is 2.28. The lowest BCUT2D eigenvalue weighted by Crippen LogP contribution is -2.30. The van der Waals surface area contributed by atoms with Gasteiger partial charge in [-0.05, 0) is 38.5 Å². The first-order valence-electron chi connectivity index (χ1n) is 6.73. The van der Waals surface area contributed by atoms with Gasteiger partial charge < -0.3 is 10.2 Å². The molecule has 0 radical (unpaired) electrons. The molecular weight excluding hydrogens is 232 g/mol. The number of carboxylic acid groups (broad SMARTS) is 2. The van der Waals surface area contributed by atoms with Crippen LogP contribution in [0.5, 0.6) is 0 Å². The molecule has 0 heterocycles. The molecule has 18 heavy (non-hydrogen) atoms. The largest absolute Gasteiger partial charge is 0.481 e. The van der Waals surface area contributed by atoms with Crippen molar-refractivity contribution < 1.29 is 19.8 Å². The maximum absolute atomic E-state index is 11.2. The summed E-state index contributed by atoms with van der Waals surface area (Å²) in [5, 5.41) is 18.4. The molecule has 2 N–H and O–H groups in total. The van der Waals surface area contributed by atoms with Gasteiger partial charge in [0.1, 0.15) is 0 Å². The molecule has 1 aliphatic carbocycles. The molecule has 102 valence electrons. The molecule has 1 rings (SSSR count). The highest BCUT2D eigenvalue weighted by Gasteiger charge is 2.32. The summed E-state index contributed by atoms with van der Waals surface area (Å²) in [6.45, 7) is 0. The van der Waals surface area contributed by atoms with E-state index in [4.69, 9.17) is 0 Å². The van der Waals surface area contributed by atoms with Gasteiger partial charge in [-0.1, -0.05) is 25.0 Å². The first-order valence-corrected chi connectivity index (χ1v) is 6.73. The van der Waals surface area contributed by atoms with E-state index < -0.39 is 23.8 Å². The van der Waals surface area contributed by atoms with Crippen LogP contribution in [0.3, 0.4) is 0 Å². The Labute approximate surface area is 108 Å². The van der Waals surface area contributed by atoms with Crippen molar-refractivity contribution in [2.24, 2.45) is 11.8 Å². The van der Waals surface area contributed by atoms with Crippen LogP contribution >= 0.6 is 0 Å². The number of aliphatic carboxylic acids is 2. The monoisotopic (exact) mass is 254 g/mol. The Hall–Kier alpha value is -1.32. The van der Waals surface area contributed by atoms with Gasteiger partial charge in [-0.25, -0.2) is 0 Å². The summed E-state index contributed by atoms with van der Waals surface area (Å²) in [4.78, 5) is 22.4. The van der Waals surface area contributed by atoms with E-state index in [0.717, 1.165) is 38.5 Å². The van der Waals surface area contributed by atoms with E-state index >= 15 is 0 Å². The normalized spacial score (nSPS) is 26.9. The van der Waals surface area contributed by atoms with Crippen molar-refractivity contribution in [1.82, 2.24) is 0 Å². The SMILES string of the molecule is O=C(O)C1CCCC=CCCCCCC1C(=O)O. The number of hydrogen-bond acceptors (Lipinski definition) is 2. The standard InChI is InChI=1S/C14H22O4/c15-13(16)11-9-7-5-3-1-2-4-6-8-10-12(11)14(17)18/h1,3,11-12H,2,4-10H2,(H,15,16)(H,17,18).